The van der Waals surface area contributed by atoms with Crippen LogP contribution in [0, 0.1) is 0 Å². The minimum atomic E-state index is 0.278. The smallest absolute Gasteiger partial charge is 0.191 e. The standard InChI is InChI=1S/C21H41N5O/c1-22-20(23-12-13-25(2)19-8-4-5-9-19)24-18-21(10-6-3-7-11-21)26-14-16-27-17-15-26/h19H,3-18H2,1-2H3,(H2,22,23,24). The number of hydrogen-bond donors (Lipinski definition) is 2. The molecule has 1 heterocycles. The van der Waals surface area contributed by atoms with Crippen molar-refractivity contribution in [1.29, 1.82) is 0 Å². The van der Waals surface area contributed by atoms with Crippen molar-refractivity contribution in [3.63, 3.8) is 0 Å². The van der Waals surface area contributed by atoms with Crippen LogP contribution in [0.1, 0.15) is 57.8 Å². The van der Waals surface area contributed by atoms with E-state index >= 15 is 0 Å². The summed E-state index contributed by atoms with van der Waals surface area (Å²) in [6.45, 7) is 6.92. The molecule has 1 aliphatic heterocycles. The Morgan fingerprint density at radius 3 is 2.44 bits per heavy atom. The highest BCUT2D eigenvalue weighted by atomic mass is 16.5. The molecule has 156 valence electrons. The van der Waals surface area contributed by atoms with Gasteiger partial charge in [0.25, 0.3) is 0 Å². The van der Waals surface area contributed by atoms with Gasteiger partial charge in [-0.05, 0) is 32.7 Å². The van der Waals surface area contributed by atoms with Crippen molar-refractivity contribution < 1.29 is 4.74 Å². The molecule has 0 radical (unpaired) electrons. The van der Waals surface area contributed by atoms with E-state index in [4.69, 9.17) is 4.74 Å². The second kappa shape index (κ2) is 10.6. The second-order valence-electron chi connectivity index (χ2n) is 8.66. The molecule has 6 nitrogen and oxygen atoms in total. The van der Waals surface area contributed by atoms with Crippen LogP contribution in [0.3, 0.4) is 0 Å². The highest BCUT2D eigenvalue weighted by Crippen LogP contribution is 2.33. The quantitative estimate of drug-likeness (QED) is 0.524. The molecule has 27 heavy (non-hydrogen) atoms. The van der Waals surface area contributed by atoms with Crippen LogP contribution in [0.2, 0.25) is 0 Å². The van der Waals surface area contributed by atoms with Crippen LogP contribution < -0.4 is 10.6 Å². The first kappa shape index (κ1) is 20.9. The molecule has 0 unspecified atom stereocenters. The third-order valence-electron chi connectivity index (χ3n) is 6.98. The zero-order chi connectivity index (χ0) is 19.0. The van der Waals surface area contributed by atoms with Gasteiger partial charge in [0, 0.05) is 51.4 Å². The molecule has 0 aromatic rings. The second-order valence-corrected chi connectivity index (χ2v) is 8.66. The molecule has 1 saturated heterocycles. The molecule has 0 aromatic heterocycles. The summed E-state index contributed by atoms with van der Waals surface area (Å²) in [5.41, 5.74) is 0.278. The molecule has 0 amide bonds. The maximum atomic E-state index is 5.60. The predicted octanol–water partition coefficient (Wildman–Crippen LogP) is 2.06. The van der Waals surface area contributed by atoms with Crippen LogP contribution >= 0.6 is 0 Å². The number of aliphatic imine (C=N–C) groups is 1. The van der Waals surface area contributed by atoms with Crippen molar-refractivity contribution in [2.75, 3.05) is 60.0 Å². The maximum absolute atomic E-state index is 5.60. The Morgan fingerprint density at radius 2 is 1.78 bits per heavy atom. The van der Waals surface area contributed by atoms with E-state index in [1.807, 2.05) is 7.05 Å². The van der Waals surface area contributed by atoms with E-state index in [-0.39, 0.29) is 5.54 Å². The van der Waals surface area contributed by atoms with Crippen LogP contribution in [0.25, 0.3) is 0 Å². The van der Waals surface area contributed by atoms with Gasteiger partial charge in [0.05, 0.1) is 13.2 Å². The van der Waals surface area contributed by atoms with E-state index < -0.39 is 0 Å². The summed E-state index contributed by atoms with van der Waals surface area (Å²) in [6.07, 6.45) is 12.2. The minimum Gasteiger partial charge on any atom is -0.379 e. The molecular formula is C21H41N5O. The number of hydrogen-bond acceptors (Lipinski definition) is 4. The summed E-state index contributed by atoms with van der Waals surface area (Å²) in [7, 11) is 4.15. The van der Waals surface area contributed by atoms with Crippen LogP contribution in [0.4, 0.5) is 0 Å². The van der Waals surface area contributed by atoms with E-state index in [0.29, 0.717) is 0 Å². The fraction of sp³-hybridized carbons (Fsp3) is 0.952. The molecule has 0 atom stereocenters. The molecule has 0 bridgehead atoms. The predicted molar refractivity (Wildman–Crippen MR) is 112 cm³/mol. The fourth-order valence-electron chi connectivity index (χ4n) is 5.20. The van der Waals surface area contributed by atoms with Crippen molar-refractivity contribution in [2.24, 2.45) is 4.99 Å². The van der Waals surface area contributed by atoms with Gasteiger partial charge in [0.15, 0.2) is 5.96 Å². The Hall–Kier alpha value is -0.850. The lowest BCUT2D eigenvalue weighted by molar-refractivity contribution is -0.0352. The lowest BCUT2D eigenvalue weighted by atomic mass is 9.80. The van der Waals surface area contributed by atoms with Crippen molar-refractivity contribution in [2.45, 2.75) is 69.4 Å². The van der Waals surface area contributed by atoms with Crippen molar-refractivity contribution in [3.05, 3.63) is 0 Å². The Kier molecular flexibility index (Phi) is 8.22. The van der Waals surface area contributed by atoms with Gasteiger partial charge in [0.2, 0.25) is 0 Å². The minimum absolute atomic E-state index is 0.278. The van der Waals surface area contributed by atoms with Gasteiger partial charge < -0.3 is 20.3 Å². The zero-order valence-corrected chi connectivity index (χ0v) is 17.6. The first-order valence-corrected chi connectivity index (χ1v) is 11.2. The molecule has 3 aliphatic rings. The van der Waals surface area contributed by atoms with Gasteiger partial charge in [-0.25, -0.2) is 0 Å². The van der Waals surface area contributed by atoms with Crippen LogP contribution in [0.15, 0.2) is 4.99 Å². The molecule has 3 fully saturated rings. The molecule has 0 spiro atoms. The van der Waals surface area contributed by atoms with Crippen LogP contribution in [-0.4, -0.2) is 87.4 Å². The Balaban J connectivity index is 1.46. The van der Waals surface area contributed by atoms with Gasteiger partial charge in [-0.1, -0.05) is 32.1 Å². The largest absolute Gasteiger partial charge is 0.379 e. The van der Waals surface area contributed by atoms with E-state index in [9.17, 15) is 0 Å². The average molecular weight is 380 g/mol. The van der Waals surface area contributed by atoms with Gasteiger partial charge in [-0.2, -0.15) is 0 Å². The summed E-state index contributed by atoms with van der Waals surface area (Å²) in [5, 5.41) is 7.20. The number of likely N-dealkylation sites (N-methyl/N-ethyl adjacent to an activating group) is 1. The van der Waals surface area contributed by atoms with E-state index in [2.05, 4.69) is 32.5 Å². The van der Waals surface area contributed by atoms with Crippen LogP contribution in [0.5, 0.6) is 0 Å². The molecule has 0 aromatic carbocycles. The van der Waals surface area contributed by atoms with Crippen molar-refractivity contribution in [3.8, 4) is 0 Å². The molecule has 2 saturated carbocycles. The SMILES string of the molecule is CN=C(NCCN(C)C1CCCC1)NCC1(N2CCOCC2)CCCCC1. The molecule has 2 N–H and O–H groups in total. The van der Waals surface area contributed by atoms with E-state index in [0.717, 1.165) is 57.9 Å². The summed E-state index contributed by atoms with van der Waals surface area (Å²) in [6, 6.07) is 0.786. The van der Waals surface area contributed by atoms with Crippen LogP contribution in [-0.2, 0) is 4.74 Å². The third-order valence-corrected chi connectivity index (χ3v) is 6.98. The highest BCUT2D eigenvalue weighted by Gasteiger charge is 2.38. The number of guanidine groups is 1. The van der Waals surface area contributed by atoms with Gasteiger partial charge >= 0.3 is 0 Å². The van der Waals surface area contributed by atoms with Gasteiger partial charge in [0.1, 0.15) is 0 Å². The lowest BCUT2D eigenvalue weighted by Gasteiger charge is -2.48. The third kappa shape index (κ3) is 5.81. The zero-order valence-electron chi connectivity index (χ0n) is 17.6. The Labute approximate surface area is 166 Å². The first-order valence-electron chi connectivity index (χ1n) is 11.2. The first-order chi connectivity index (χ1) is 13.2. The summed E-state index contributed by atoms with van der Waals surface area (Å²) in [5.74, 6) is 0.952. The van der Waals surface area contributed by atoms with E-state index in [1.165, 1.54) is 57.8 Å². The fourth-order valence-corrected chi connectivity index (χ4v) is 5.20. The monoisotopic (exact) mass is 379 g/mol. The number of nitrogens with zero attached hydrogens (tertiary/aromatic N) is 3. The maximum Gasteiger partial charge on any atom is 0.191 e. The number of nitrogens with one attached hydrogen (secondary N) is 2. The summed E-state index contributed by atoms with van der Waals surface area (Å²) in [4.78, 5) is 9.68. The van der Waals surface area contributed by atoms with E-state index in [1.54, 1.807) is 0 Å². The Morgan fingerprint density at radius 1 is 1.07 bits per heavy atom. The molecule has 6 heteroatoms. The lowest BCUT2D eigenvalue weighted by Crippen LogP contribution is -2.60. The number of morpholine rings is 1. The Bertz CT molecular complexity index is 451. The van der Waals surface area contributed by atoms with Crippen molar-refractivity contribution >= 4 is 5.96 Å². The number of ether oxygens (including phenoxy) is 1. The summed E-state index contributed by atoms with van der Waals surface area (Å²) < 4.78 is 5.60. The molecular weight excluding hydrogens is 338 g/mol. The van der Waals surface area contributed by atoms with Gasteiger partial charge in [-0.3, -0.25) is 9.89 Å². The average Bonchev–Trinajstić information content (AvgIpc) is 3.27. The normalized spacial score (nSPS) is 25.1. The topological polar surface area (TPSA) is 52.1 Å². The summed E-state index contributed by atoms with van der Waals surface area (Å²) >= 11 is 0. The van der Waals surface area contributed by atoms with Gasteiger partial charge in [-0.15, -0.1) is 0 Å². The highest BCUT2D eigenvalue weighted by molar-refractivity contribution is 5.79. The number of rotatable bonds is 7. The molecule has 3 rings (SSSR count). The molecule has 2 aliphatic carbocycles. The van der Waals surface area contributed by atoms with Crippen molar-refractivity contribution in [1.82, 2.24) is 20.4 Å².